The maximum absolute atomic E-state index is 4.93. The van der Waals surface area contributed by atoms with E-state index < -0.39 is 20.8 Å². The van der Waals surface area contributed by atoms with Gasteiger partial charge in [-0.15, -0.1) is 40.1 Å². The minimum absolute atomic E-state index is 0.548. The predicted octanol–water partition coefficient (Wildman–Crippen LogP) is 10.6. The van der Waals surface area contributed by atoms with E-state index >= 15 is 0 Å². The summed E-state index contributed by atoms with van der Waals surface area (Å²) in [5.74, 6) is 1.10. The molecule has 0 bridgehead atoms. The summed E-state index contributed by atoms with van der Waals surface area (Å²) in [4.78, 5) is 0. The first-order chi connectivity index (χ1) is 20.3. The molecule has 0 N–H and O–H groups in total. The second-order valence-electron chi connectivity index (χ2n) is 11.6. The SMILES string of the molecule is CCCCc1cc2c(-c3cc(C(C)C)cc(C(C)C)c3)c(C)ccc2[cH-]1.[Cl][Zr+2][Cl].[c-]1cccc2c1[Si]c1ccccc1-2. The first-order valence-electron chi connectivity index (χ1n) is 14.9. The van der Waals surface area contributed by atoms with Crippen LogP contribution in [0.4, 0.5) is 0 Å². The molecule has 4 heteroatoms. The molecular weight excluding hydrogens is 647 g/mol. The molecule has 0 atom stereocenters. The first-order valence-corrected chi connectivity index (χ1v) is 22.3. The largest absolute Gasteiger partial charge is 0.184 e. The van der Waals surface area contributed by atoms with Crippen molar-refractivity contribution in [3.8, 4) is 22.3 Å². The molecule has 1 aliphatic heterocycles. The Morgan fingerprint density at radius 3 is 2.19 bits per heavy atom. The zero-order valence-electron chi connectivity index (χ0n) is 25.6. The van der Waals surface area contributed by atoms with E-state index in [4.69, 9.17) is 17.0 Å². The number of aryl methyl sites for hydroxylation is 2. The zero-order chi connectivity index (χ0) is 30.2. The van der Waals surface area contributed by atoms with Crippen molar-refractivity contribution < 1.29 is 20.8 Å². The van der Waals surface area contributed by atoms with Crippen molar-refractivity contribution in [3.63, 3.8) is 0 Å². The maximum Gasteiger partial charge on any atom is 0.0920 e. The predicted molar refractivity (Wildman–Crippen MR) is 184 cm³/mol. The van der Waals surface area contributed by atoms with E-state index in [-0.39, 0.29) is 0 Å². The molecule has 0 unspecified atom stereocenters. The van der Waals surface area contributed by atoms with E-state index in [0.29, 0.717) is 11.8 Å². The average molecular weight is 687 g/mol. The van der Waals surface area contributed by atoms with Crippen LogP contribution in [-0.4, -0.2) is 9.52 Å². The van der Waals surface area contributed by atoms with E-state index in [1.807, 2.05) is 6.07 Å². The van der Waals surface area contributed by atoms with E-state index in [2.05, 4.69) is 126 Å². The van der Waals surface area contributed by atoms with Crippen molar-refractivity contribution >= 4 is 47.7 Å². The van der Waals surface area contributed by atoms with Crippen LogP contribution in [0.25, 0.3) is 33.0 Å². The Bertz CT molecular complexity index is 1550. The van der Waals surface area contributed by atoms with Crippen molar-refractivity contribution in [1.82, 2.24) is 0 Å². The van der Waals surface area contributed by atoms with Gasteiger partial charge in [0.25, 0.3) is 0 Å². The number of unbranched alkanes of at least 4 members (excludes halogenated alkanes) is 1. The number of benzene rings is 4. The molecule has 0 spiro atoms. The topological polar surface area (TPSA) is 0 Å². The molecule has 42 heavy (non-hydrogen) atoms. The van der Waals surface area contributed by atoms with E-state index in [1.54, 1.807) is 0 Å². The molecule has 0 fully saturated rings. The zero-order valence-corrected chi connectivity index (χ0v) is 30.6. The number of hydrogen-bond acceptors (Lipinski definition) is 0. The Kier molecular flexibility index (Phi) is 12.4. The molecule has 6 rings (SSSR count). The Morgan fingerprint density at radius 1 is 0.857 bits per heavy atom. The summed E-state index contributed by atoms with van der Waals surface area (Å²) in [5.41, 5.74) is 11.3. The summed E-state index contributed by atoms with van der Waals surface area (Å²) >= 11 is -0.826. The van der Waals surface area contributed by atoms with Gasteiger partial charge in [0.1, 0.15) is 0 Å². The summed E-state index contributed by atoms with van der Waals surface area (Å²) in [6.45, 7) is 13.7. The summed E-state index contributed by atoms with van der Waals surface area (Å²) in [5, 5.41) is 5.63. The normalized spacial score (nSPS) is 11.4. The number of halogens is 2. The van der Waals surface area contributed by atoms with Crippen molar-refractivity contribution in [2.45, 2.75) is 72.6 Å². The van der Waals surface area contributed by atoms with Gasteiger partial charge in [-0.2, -0.15) is 35.5 Å². The fourth-order valence-corrected chi connectivity index (χ4v) is 6.88. The smallest absolute Gasteiger partial charge is 0.0920 e. The van der Waals surface area contributed by atoms with Crippen LogP contribution in [0.1, 0.15) is 81.5 Å². The van der Waals surface area contributed by atoms with Gasteiger partial charge in [-0.3, -0.25) is 0 Å². The van der Waals surface area contributed by atoms with Crippen LogP contribution in [0, 0.1) is 13.0 Å². The Balaban J connectivity index is 0.000000209. The second-order valence-corrected chi connectivity index (χ2v) is 16.6. The maximum atomic E-state index is 4.93. The van der Waals surface area contributed by atoms with Gasteiger partial charge in [-0.1, -0.05) is 112 Å². The van der Waals surface area contributed by atoms with Gasteiger partial charge in [-0.05, 0) is 41.9 Å². The molecule has 214 valence electrons. The van der Waals surface area contributed by atoms with Crippen LogP contribution in [0.3, 0.4) is 0 Å². The van der Waals surface area contributed by atoms with Gasteiger partial charge in [0.15, 0.2) is 0 Å². The number of fused-ring (bicyclic) bond motifs is 4. The van der Waals surface area contributed by atoms with Gasteiger partial charge in [-0.25, -0.2) is 0 Å². The van der Waals surface area contributed by atoms with Crippen molar-refractivity contribution in [2.24, 2.45) is 0 Å². The van der Waals surface area contributed by atoms with Crippen LogP contribution < -0.4 is 10.4 Å². The average Bonchev–Trinajstić information content (AvgIpc) is 3.57. The van der Waals surface area contributed by atoms with Crippen molar-refractivity contribution in [2.75, 3.05) is 0 Å². The van der Waals surface area contributed by atoms with Gasteiger partial charge >= 0.3 is 37.9 Å². The van der Waals surface area contributed by atoms with Crippen molar-refractivity contribution in [1.29, 1.82) is 0 Å². The van der Waals surface area contributed by atoms with Crippen molar-refractivity contribution in [3.05, 3.63) is 113 Å². The molecule has 0 amide bonds. The first kappa shape index (κ1) is 33.1. The summed E-state index contributed by atoms with van der Waals surface area (Å²) < 4.78 is 0. The minimum atomic E-state index is -0.826. The third-order valence-corrected chi connectivity index (χ3v) is 9.28. The standard InChI is InChI=1S/C26H33.C12H7Si.2ClH.Zr/c1-7-8-9-20-12-21-11-10-19(6)26(25(21)13-20)24-15-22(17(2)3)14-23(16-24)18(4)5;1-3-7-11-9(5-1)10-6-2-4-8-12(10)13-11;;;/h10-18H,7-9H2,1-6H3;1-7H;2*1H;/q2*-1;;;+4/p-2. The van der Waals surface area contributed by atoms with Crippen LogP contribution in [0.15, 0.2) is 84.9 Å². The molecule has 1 aliphatic rings. The van der Waals surface area contributed by atoms with Gasteiger partial charge in [0.05, 0.1) is 9.52 Å². The molecule has 0 nitrogen and oxygen atoms in total. The van der Waals surface area contributed by atoms with Gasteiger partial charge in [0.2, 0.25) is 0 Å². The van der Waals surface area contributed by atoms with E-state index in [1.165, 1.54) is 84.9 Å². The summed E-state index contributed by atoms with van der Waals surface area (Å²) in [7, 11) is 10.7. The summed E-state index contributed by atoms with van der Waals surface area (Å²) in [6, 6.07) is 34.8. The molecule has 2 radical (unpaired) electrons. The Morgan fingerprint density at radius 2 is 1.52 bits per heavy atom. The molecule has 0 saturated carbocycles. The third-order valence-electron chi connectivity index (χ3n) is 7.91. The Labute approximate surface area is 274 Å². The van der Waals surface area contributed by atoms with Crippen LogP contribution in [0.2, 0.25) is 0 Å². The molecule has 1 heterocycles. The molecule has 5 aromatic rings. The molecule has 0 aromatic heterocycles. The molecule has 0 aliphatic carbocycles. The summed E-state index contributed by atoms with van der Waals surface area (Å²) in [6.07, 6.45) is 3.71. The number of rotatable bonds is 6. The fraction of sp³-hybridized carbons (Fsp3) is 0.289. The number of hydrogen-bond donors (Lipinski definition) is 0. The van der Waals surface area contributed by atoms with Gasteiger partial charge < -0.3 is 0 Å². The fourth-order valence-electron chi connectivity index (χ4n) is 5.58. The second kappa shape index (κ2) is 15.8. The quantitative estimate of drug-likeness (QED) is 0.121. The van der Waals surface area contributed by atoms with Gasteiger partial charge in [0, 0.05) is 0 Å². The third kappa shape index (κ3) is 8.00. The van der Waals surface area contributed by atoms with Crippen LogP contribution >= 0.6 is 17.0 Å². The molecule has 5 aromatic carbocycles. The van der Waals surface area contributed by atoms with Crippen LogP contribution in [0.5, 0.6) is 0 Å². The monoisotopic (exact) mass is 684 g/mol. The molecule has 0 saturated heterocycles. The Hall–Kier alpha value is -1.83. The molecular formula is C38H40Cl2SiZr. The van der Waals surface area contributed by atoms with E-state index in [9.17, 15) is 0 Å². The van der Waals surface area contributed by atoms with Crippen LogP contribution in [-0.2, 0) is 27.3 Å². The minimum Gasteiger partial charge on any atom is -0.184 e. The van der Waals surface area contributed by atoms with E-state index in [0.717, 1.165) is 9.52 Å².